The van der Waals surface area contributed by atoms with Crippen LogP contribution in [0.25, 0.3) is 22.9 Å². The van der Waals surface area contributed by atoms with Gasteiger partial charge in [0.15, 0.2) is 11.5 Å². The molecule has 8 nitrogen and oxygen atoms in total. The Labute approximate surface area is 135 Å². The molecule has 0 saturated heterocycles. The third-order valence-corrected chi connectivity index (χ3v) is 3.11. The summed E-state index contributed by atoms with van der Waals surface area (Å²) in [6.45, 7) is 0. The summed E-state index contributed by atoms with van der Waals surface area (Å²) < 4.78 is 0. The van der Waals surface area contributed by atoms with E-state index in [4.69, 9.17) is 5.11 Å². The fraction of sp³-hybridized carbons (Fsp3) is 0. The number of hydrogen-bond acceptors (Lipinski definition) is 6. The molecule has 24 heavy (non-hydrogen) atoms. The van der Waals surface area contributed by atoms with E-state index in [0.717, 1.165) is 0 Å². The zero-order valence-electron chi connectivity index (χ0n) is 12.1. The van der Waals surface area contributed by atoms with E-state index < -0.39 is 11.9 Å². The van der Waals surface area contributed by atoms with E-state index in [1.165, 1.54) is 24.4 Å². The van der Waals surface area contributed by atoms with Crippen LogP contribution in [0.3, 0.4) is 0 Å². The van der Waals surface area contributed by atoms with Gasteiger partial charge >= 0.3 is 11.9 Å². The van der Waals surface area contributed by atoms with Crippen molar-refractivity contribution in [1.82, 2.24) is 19.9 Å². The highest BCUT2D eigenvalue weighted by molar-refractivity contribution is 5.89. The van der Waals surface area contributed by atoms with Crippen molar-refractivity contribution in [3.8, 4) is 22.9 Å². The van der Waals surface area contributed by atoms with Gasteiger partial charge in [0.1, 0.15) is 5.69 Å². The molecule has 0 amide bonds. The van der Waals surface area contributed by atoms with Crippen LogP contribution < -0.4 is 0 Å². The van der Waals surface area contributed by atoms with Gasteiger partial charge in [-0.3, -0.25) is 9.97 Å². The first-order valence-electron chi connectivity index (χ1n) is 6.78. The molecular formula is C16H10N4O4. The maximum Gasteiger partial charge on any atom is 0.354 e. The van der Waals surface area contributed by atoms with Gasteiger partial charge in [-0.15, -0.1) is 0 Å². The van der Waals surface area contributed by atoms with Crippen LogP contribution in [0.4, 0.5) is 0 Å². The lowest BCUT2D eigenvalue weighted by Gasteiger charge is -2.06. The highest BCUT2D eigenvalue weighted by atomic mass is 16.4. The average molecular weight is 322 g/mol. The molecular weight excluding hydrogens is 312 g/mol. The molecule has 3 aromatic rings. The Kier molecular flexibility index (Phi) is 3.94. The Morgan fingerprint density at radius 1 is 0.792 bits per heavy atom. The first-order chi connectivity index (χ1) is 11.5. The predicted octanol–water partition coefficient (Wildman–Crippen LogP) is 2.00. The molecule has 0 aliphatic heterocycles. The fourth-order valence-corrected chi connectivity index (χ4v) is 2.00. The summed E-state index contributed by atoms with van der Waals surface area (Å²) in [7, 11) is 0. The summed E-state index contributed by atoms with van der Waals surface area (Å²) in [5.74, 6) is -2.35. The van der Waals surface area contributed by atoms with Gasteiger partial charge in [0.25, 0.3) is 0 Å². The Morgan fingerprint density at radius 2 is 1.58 bits per heavy atom. The van der Waals surface area contributed by atoms with Gasteiger partial charge in [-0.05, 0) is 30.3 Å². The van der Waals surface area contributed by atoms with E-state index in [-0.39, 0.29) is 22.8 Å². The van der Waals surface area contributed by atoms with Crippen molar-refractivity contribution in [2.24, 2.45) is 0 Å². The lowest BCUT2D eigenvalue weighted by Crippen LogP contribution is -2.06. The largest absolute Gasteiger partial charge is 0.478 e. The number of hydrogen-bond donors (Lipinski definition) is 2. The van der Waals surface area contributed by atoms with Gasteiger partial charge in [0, 0.05) is 12.4 Å². The molecule has 0 radical (unpaired) electrons. The second-order valence-corrected chi connectivity index (χ2v) is 4.72. The van der Waals surface area contributed by atoms with Gasteiger partial charge in [-0.2, -0.15) is 0 Å². The molecule has 8 heteroatoms. The van der Waals surface area contributed by atoms with Crippen LogP contribution in [0.15, 0.2) is 48.8 Å². The first-order valence-corrected chi connectivity index (χ1v) is 6.78. The zero-order chi connectivity index (χ0) is 17.1. The van der Waals surface area contributed by atoms with Crippen LogP contribution in [-0.2, 0) is 0 Å². The van der Waals surface area contributed by atoms with E-state index in [0.29, 0.717) is 11.4 Å². The smallest absolute Gasteiger partial charge is 0.354 e. The van der Waals surface area contributed by atoms with Crippen molar-refractivity contribution >= 4 is 11.9 Å². The third-order valence-electron chi connectivity index (χ3n) is 3.11. The number of carboxylic acids is 2. The Bertz CT molecular complexity index is 928. The molecule has 0 unspecified atom stereocenters. The van der Waals surface area contributed by atoms with E-state index in [9.17, 15) is 14.7 Å². The third kappa shape index (κ3) is 3.07. The van der Waals surface area contributed by atoms with Gasteiger partial charge < -0.3 is 10.2 Å². The van der Waals surface area contributed by atoms with Crippen molar-refractivity contribution in [1.29, 1.82) is 0 Å². The van der Waals surface area contributed by atoms with Crippen molar-refractivity contribution in [2.45, 2.75) is 0 Å². The number of aromatic nitrogens is 4. The molecule has 0 fully saturated rings. The Hall–Kier alpha value is -3.68. The van der Waals surface area contributed by atoms with Crippen LogP contribution >= 0.6 is 0 Å². The molecule has 0 spiro atoms. The van der Waals surface area contributed by atoms with Crippen LogP contribution in [0.5, 0.6) is 0 Å². The maximum atomic E-state index is 11.3. The molecule has 3 heterocycles. The first kappa shape index (κ1) is 15.2. The summed E-state index contributed by atoms with van der Waals surface area (Å²) in [6.07, 6.45) is 2.86. The molecule has 3 aromatic heterocycles. The van der Waals surface area contributed by atoms with Crippen molar-refractivity contribution in [3.05, 3.63) is 60.0 Å². The van der Waals surface area contributed by atoms with Gasteiger partial charge in [-0.25, -0.2) is 19.6 Å². The molecule has 0 aliphatic rings. The highest BCUT2D eigenvalue weighted by Crippen LogP contribution is 2.20. The average Bonchev–Trinajstić information content (AvgIpc) is 2.62. The summed E-state index contributed by atoms with van der Waals surface area (Å²) in [6, 6.07) is 9.06. The SMILES string of the molecule is O=C(O)c1ccnc(-c2nc(C(=O)O)cc(-c3ccccn3)n2)c1. The molecule has 2 N–H and O–H groups in total. The van der Waals surface area contributed by atoms with Crippen LogP contribution in [-0.4, -0.2) is 42.1 Å². The molecule has 0 saturated carbocycles. The quantitative estimate of drug-likeness (QED) is 0.746. The minimum atomic E-state index is -1.23. The van der Waals surface area contributed by atoms with E-state index in [2.05, 4.69) is 19.9 Å². The minimum absolute atomic E-state index is 0.00344. The minimum Gasteiger partial charge on any atom is -0.478 e. The standard InChI is InChI=1S/C16H10N4O4/c21-15(22)9-4-6-18-12(7-9)14-19-11(8-13(20-14)16(23)24)10-3-1-2-5-17-10/h1-8H,(H,21,22)(H,23,24). The normalized spacial score (nSPS) is 10.3. The topological polar surface area (TPSA) is 126 Å². The van der Waals surface area contributed by atoms with Gasteiger partial charge in [0.2, 0.25) is 0 Å². The Morgan fingerprint density at radius 3 is 2.25 bits per heavy atom. The van der Waals surface area contributed by atoms with Crippen molar-refractivity contribution in [3.63, 3.8) is 0 Å². The van der Waals surface area contributed by atoms with Crippen LogP contribution in [0.2, 0.25) is 0 Å². The number of rotatable bonds is 4. The highest BCUT2D eigenvalue weighted by Gasteiger charge is 2.15. The molecule has 0 aromatic carbocycles. The lowest BCUT2D eigenvalue weighted by atomic mass is 10.2. The van der Waals surface area contributed by atoms with Crippen molar-refractivity contribution < 1.29 is 19.8 Å². The summed E-state index contributed by atoms with van der Waals surface area (Å²) >= 11 is 0. The van der Waals surface area contributed by atoms with E-state index in [1.807, 2.05) is 0 Å². The number of carbonyl (C=O) groups is 2. The monoisotopic (exact) mass is 322 g/mol. The number of pyridine rings is 2. The predicted molar refractivity (Wildman–Crippen MR) is 82.4 cm³/mol. The molecule has 118 valence electrons. The second kappa shape index (κ2) is 6.21. The van der Waals surface area contributed by atoms with Crippen LogP contribution in [0, 0.1) is 0 Å². The lowest BCUT2D eigenvalue weighted by molar-refractivity contribution is 0.0682. The van der Waals surface area contributed by atoms with Gasteiger partial charge in [-0.1, -0.05) is 6.07 Å². The van der Waals surface area contributed by atoms with E-state index in [1.54, 1.807) is 24.4 Å². The zero-order valence-corrected chi connectivity index (χ0v) is 12.1. The summed E-state index contributed by atoms with van der Waals surface area (Å²) in [4.78, 5) is 38.8. The van der Waals surface area contributed by atoms with E-state index >= 15 is 0 Å². The summed E-state index contributed by atoms with van der Waals surface area (Å²) in [5.41, 5.74) is 0.709. The van der Waals surface area contributed by atoms with Crippen LogP contribution in [0.1, 0.15) is 20.8 Å². The molecule has 0 bridgehead atoms. The number of carboxylic acid groups (broad SMARTS) is 2. The maximum absolute atomic E-state index is 11.3. The fourth-order valence-electron chi connectivity index (χ4n) is 2.00. The second-order valence-electron chi connectivity index (χ2n) is 4.72. The number of nitrogens with zero attached hydrogens (tertiary/aromatic N) is 4. The molecule has 3 rings (SSSR count). The summed E-state index contributed by atoms with van der Waals surface area (Å²) in [5, 5.41) is 18.3. The Balaban J connectivity index is 2.17. The number of aromatic carboxylic acids is 2. The molecule has 0 atom stereocenters. The van der Waals surface area contributed by atoms with Gasteiger partial charge in [0.05, 0.1) is 17.0 Å². The molecule has 0 aliphatic carbocycles. The van der Waals surface area contributed by atoms with Crippen molar-refractivity contribution in [2.75, 3.05) is 0 Å².